The van der Waals surface area contributed by atoms with Crippen LogP contribution in [0.1, 0.15) is 33.6 Å². The van der Waals surface area contributed by atoms with Gasteiger partial charge in [0.25, 0.3) is 0 Å². The van der Waals surface area contributed by atoms with Crippen LogP contribution in [0.25, 0.3) is 0 Å². The molecule has 1 aliphatic heterocycles. The second-order valence-electron chi connectivity index (χ2n) is 4.29. The molecular weight excluding hydrogens is 218 g/mol. The standard InChI is InChI=1S/C13H17NO3/c1-4-16-12(15)11(8-14)7-13(3)6-5-10(2)9-17-13/h7,9H,4-6H2,1-3H3/b11-7+. The third-order valence-corrected chi connectivity index (χ3v) is 2.61. The number of hydrogen-bond donors (Lipinski definition) is 0. The van der Waals surface area contributed by atoms with Crippen molar-refractivity contribution in [3.8, 4) is 6.07 Å². The minimum atomic E-state index is -0.600. The molecule has 0 radical (unpaired) electrons. The Balaban J connectivity index is 2.85. The van der Waals surface area contributed by atoms with Gasteiger partial charge in [-0.15, -0.1) is 0 Å². The molecule has 0 saturated carbocycles. The fourth-order valence-corrected chi connectivity index (χ4v) is 1.56. The van der Waals surface area contributed by atoms with E-state index < -0.39 is 11.6 Å². The van der Waals surface area contributed by atoms with Gasteiger partial charge in [-0.1, -0.05) is 0 Å². The maximum atomic E-state index is 11.5. The fraction of sp³-hybridized carbons (Fsp3) is 0.538. The van der Waals surface area contributed by atoms with E-state index in [2.05, 4.69) is 0 Å². The minimum absolute atomic E-state index is 0.00213. The first-order valence-corrected chi connectivity index (χ1v) is 5.64. The SMILES string of the molecule is CCOC(=O)/C(C#N)=C/C1(C)CCC(C)=CO1. The summed E-state index contributed by atoms with van der Waals surface area (Å²) in [6.07, 6.45) is 4.88. The van der Waals surface area contributed by atoms with Gasteiger partial charge in [0.05, 0.1) is 12.9 Å². The van der Waals surface area contributed by atoms with Crippen LogP contribution in [0.4, 0.5) is 0 Å². The molecule has 92 valence electrons. The summed E-state index contributed by atoms with van der Waals surface area (Å²) in [4.78, 5) is 11.5. The van der Waals surface area contributed by atoms with Crippen LogP contribution in [0.3, 0.4) is 0 Å². The smallest absolute Gasteiger partial charge is 0.348 e. The van der Waals surface area contributed by atoms with Gasteiger partial charge < -0.3 is 9.47 Å². The summed E-state index contributed by atoms with van der Waals surface area (Å²) in [5, 5.41) is 8.93. The van der Waals surface area contributed by atoms with Gasteiger partial charge in [-0.2, -0.15) is 5.26 Å². The van der Waals surface area contributed by atoms with Crippen molar-refractivity contribution in [2.45, 2.75) is 39.2 Å². The molecule has 0 fully saturated rings. The molecule has 0 bridgehead atoms. The van der Waals surface area contributed by atoms with E-state index in [1.54, 1.807) is 19.3 Å². The predicted molar refractivity (Wildman–Crippen MR) is 62.8 cm³/mol. The Kier molecular flexibility index (Phi) is 4.33. The zero-order chi connectivity index (χ0) is 12.9. The molecule has 0 spiro atoms. The first-order valence-electron chi connectivity index (χ1n) is 5.64. The lowest BCUT2D eigenvalue weighted by Gasteiger charge is -2.30. The van der Waals surface area contributed by atoms with E-state index in [4.69, 9.17) is 14.7 Å². The molecule has 1 aliphatic rings. The monoisotopic (exact) mass is 235 g/mol. The number of carbonyl (C=O) groups is 1. The van der Waals surface area contributed by atoms with E-state index >= 15 is 0 Å². The van der Waals surface area contributed by atoms with Crippen LogP contribution < -0.4 is 0 Å². The largest absolute Gasteiger partial charge is 0.491 e. The van der Waals surface area contributed by atoms with Crippen molar-refractivity contribution in [1.82, 2.24) is 0 Å². The number of esters is 1. The highest BCUT2D eigenvalue weighted by Crippen LogP contribution is 2.28. The number of rotatable bonds is 3. The summed E-state index contributed by atoms with van der Waals surface area (Å²) in [5.41, 5.74) is 0.560. The Labute approximate surface area is 102 Å². The first kappa shape index (κ1) is 13.3. The molecule has 4 heteroatoms. The Morgan fingerprint density at radius 1 is 1.76 bits per heavy atom. The lowest BCUT2D eigenvalue weighted by Crippen LogP contribution is -2.28. The zero-order valence-electron chi connectivity index (χ0n) is 10.4. The molecule has 0 saturated heterocycles. The summed E-state index contributed by atoms with van der Waals surface area (Å²) in [6.45, 7) is 5.80. The van der Waals surface area contributed by atoms with Crippen molar-refractivity contribution in [3.63, 3.8) is 0 Å². The maximum Gasteiger partial charge on any atom is 0.348 e. The van der Waals surface area contributed by atoms with Crippen molar-refractivity contribution in [2.24, 2.45) is 0 Å². The number of hydrogen-bond acceptors (Lipinski definition) is 4. The van der Waals surface area contributed by atoms with E-state index in [1.807, 2.05) is 19.9 Å². The lowest BCUT2D eigenvalue weighted by atomic mass is 9.93. The average Bonchev–Trinajstić information content (AvgIpc) is 2.31. The van der Waals surface area contributed by atoms with Gasteiger partial charge in [0.1, 0.15) is 17.2 Å². The second-order valence-corrected chi connectivity index (χ2v) is 4.29. The highest BCUT2D eigenvalue weighted by Gasteiger charge is 2.28. The summed E-state index contributed by atoms with van der Waals surface area (Å²) in [6, 6.07) is 1.86. The van der Waals surface area contributed by atoms with E-state index in [-0.39, 0.29) is 12.2 Å². The lowest BCUT2D eigenvalue weighted by molar-refractivity contribution is -0.138. The molecule has 0 aromatic heterocycles. The van der Waals surface area contributed by atoms with Gasteiger partial charge in [0.2, 0.25) is 0 Å². The molecule has 0 N–H and O–H groups in total. The van der Waals surface area contributed by atoms with E-state index in [1.165, 1.54) is 0 Å². The second kappa shape index (κ2) is 5.53. The van der Waals surface area contributed by atoms with Crippen molar-refractivity contribution >= 4 is 5.97 Å². The molecule has 0 amide bonds. The average molecular weight is 235 g/mol. The van der Waals surface area contributed by atoms with Crippen LogP contribution in [-0.2, 0) is 14.3 Å². The highest BCUT2D eigenvalue weighted by molar-refractivity contribution is 5.92. The van der Waals surface area contributed by atoms with Gasteiger partial charge in [-0.05, 0) is 45.3 Å². The van der Waals surface area contributed by atoms with Crippen LogP contribution in [0, 0.1) is 11.3 Å². The minimum Gasteiger partial charge on any atom is -0.491 e. The molecule has 1 atom stereocenters. The Morgan fingerprint density at radius 3 is 2.94 bits per heavy atom. The van der Waals surface area contributed by atoms with Crippen LogP contribution >= 0.6 is 0 Å². The predicted octanol–water partition coefficient (Wildman–Crippen LogP) is 2.47. The van der Waals surface area contributed by atoms with Crippen LogP contribution in [-0.4, -0.2) is 18.2 Å². The quantitative estimate of drug-likeness (QED) is 0.428. The van der Waals surface area contributed by atoms with E-state index in [0.29, 0.717) is 0 Å². The zero-order valence-corrected chi connectivity index (χ0v) is 10.4. The number of allylic oxidation sites excluding steroid dienone is 1. The van der Waals surface area contributed by atoms with Crippen LogP contribution in [0.5, 0.6) is 0 Å². The van der Waals surface area contributed by atoms with E-state index in [9.17, 15) is 4.79 Å². The molecular formula is C13H17NO3. The molecule has 4 nitrogen and oxygen atoms in total. The van der Waals surface area contributed by atoms with Gasteiger partial charge in [-0.3, -0.25) is 0 Å². The Morgan fingerprint density at radius 2 is 2.47 bits per heavy atom. The molecule has 0 aliphatic carbocycles. The molecule has 1 rings (SSSR count). The summed E-state index contributed by atoms with van der Waals surface area (Å²) in [5.74, 6) is -0.592. The fourth-order valence-electron chi connectivity index (χ4n) is 1.56. The summed E-state index contributed by atoms with van der Waals surface area (Å²) in [7, 11) is 0. The van der Waals surface area contributed by atoms with Crippen LogP contribution in [0.15, 0.2) is 23.5 Å². The van der Waals surface area contributed by atoms with Crippen LogP contribution in [0.2, 0.25) is 0 Å². The van der Waals surface area contributed by atoms with Crippen molar-refractivity contribution < 1.29 is 14.3 Å². The summed E-state index contributed by atoms with van der Waals surface area (Å²) < 4.78 is 10.3. The number of ether oxygens (including phenoxy) is 2. The molecule has 0 aromatic rings. The number of nitriles is 1. The van der Waals surface area contributed by atoms with E-state index in [0.717, 1.165) is 18.4 Å². The highest BCUT2D eigenvalue weighted by atomic mass is 16.5. The van der Waals surface area contributed by atoms with Gasteiger partial charge in [0.15, 0.2) is 0 Å². The first-order chi connectivity index (χ1) is 8.00. The van der Waals surface area contributed by atoms with Gasteiger partial charge in [0, 0.05) is 0 Å². The molecule has 0 aromatic carbocycles. The van der Waals surface area contributed by atoms with Crippen molar-refractivity contribution in [1.29, 1.82) is 5.26 Å². The number of nitrogens with zero attached hydrogens (tertiary/aromatic N) is 1. The third kappa shape index (κ3) is 3.63. The molecule has 1 unspecified atom stereocenters. The van der Waals surface area contributed by atoms with Gasteiger partial charge in [-0.25, -0.2) is 4.79 Å². The van der Waals surface area contributed by atoms with Gasteiger partial charge >= 0.3 is 5.97 Å². The molecule has 17 heavy (non-hydrogen) atoms. The number of carbonyl (C=O) groups excluding carboxylic acids is 1. The maximum absolute atomic E-state index is 11.5. The Hall–Kier alpha value is -1.76. The molecule has 1 heterocycles. The summed E-state index contributed by atoms with van der Waals surface area (Å²) >= 11 is 0. The normalized spacial score (nSPS) is 24.4. The third-order valence-electron chi connectivity index (χ3n) is 2.61. The Bertz CT molecular complexity index is 403. The topological polar surface area (TPSA) is 59.3 Å². The van der Waals surface area contributed by atoms with Crippen molar-refractivity contribution in [3.05, 3.63) is 23.5 Å². The van der Waals surface area contributed by atoms with Crippen molar-refractivity contribution in [2.75, 3.05) is 6.61 Å².